The van der Waals surface area contributed by atoms with Gasteiger partial charge in [0.15, 0.2) is 0 Å². The summed E-state index contributed by atoms with van der Waals surface area (Å²) < 4.78 is 0. The highest BCUT2D eigenvalue weighted by atomic mass is 31.1. The van der Waals surface area contributed by atoms with Crippen LogP contribution < -0.4 is 5.09 Å². The van der Waals surface area contributed by atoms with E-state index >= 15 is 0 Å². The van der Waals surface area contributed by atoms with Crippen LogP contribution in [0.3, 0.4) is 0 Å². The molecule has 2 heteroatoms. The lowest BCUT2D eigenvalue weighted by Crippen LogP contribution is -2.11. The van der Waals surface area contributed by atoms with Crippen molar-refractivity contribution in [1.82, 2.24) is 5.09 Å². The lowest BCUT2D eigenvalue weighted by Gasteiger charge is -2.02. The Morgan fingerprint density at radius 3 is 2.57 bits per heavy atom. The third-order valence-electron chi connectivity index (χ3n) is 1.34. The highest BCUT2D eigenvalue weighted by molar-refractivity contribution is 7.55. The SMILES string of the molecule is C[C@@H]1CCP(C)N1. The van der Waals surface area contributed by atoms with Crippen molar-refractivity contribution in [3.63, 3.8) is 0 Å². The molecule has 0 aromatic rings. The van der Waals surface area contributed by atoms with Crippen molar-refractivity contribution in [1.29, 1.82) is 0 Å². The number of nitrogens with one attached hydrogen (secondary N) is 1. The molecule has 1 N–H and O–H groups in total. The maximum absolute atomic E-state index is 3.48. The van der Waals surface area contributed by atoms with Crippen LogP contribution in [-0.4, -0.2) is 18.9 Å². The summed E-state index contributed by atoms with van der Waals surface area (Å²) in [5, 5.41) is 3.48. The molecule has 0 bridgehead atoms. The van der Waals surface area contributed by atoms with Gasteiger partial charge in [-0.1, -0.05) is 0 Å². The van der Waals surface area contributed by atoms with Gasteiger partial charge in [-0.3, -0.25) is 5.09 Å². The minimum atomic E-state index is 0.246. The van der Waals surface area contributed by atoms with E-state index in [1.165, 1.54) is 12.6 Å². The first-order valence-electron chi connectivity index (χ1n) is 2.76. The van der Waals surface area contributed by atoms with Gasteiger partial charge < -0.3 is 0 Å². The average molecular weight is 117 g/mol. The topological polar surface area (TPSA) is 12.0 Å². The standard InChI is InChI=1S/C5H12NP/c1-5-3-4-7(2)6-5/h5-6H,3-4H2,1-2H3/t5-,7?/m1/s1. The molecule has 1 aliphatic rings. The molecule has 0 aliphatic carbocycles. The van der Waals surface area contributed by atoms with Crippen molar-refractivity contribution in [2.45, 2.75) is 19.4 Å². The largest absolute Gasteiger partial charge is 0.293 e. The van der Waals surface area contributed by atoms with Gasteiger partial charge in [-0.25, -0.2) is 0 Å². The summed E-state index contributed by atoms with van der Waals surface area (Å²) in [6.07, 6.45) is 2.82. The van der Waals surface area contributed by atoms with E-state index in [2.05, 4.69) is 18.7 Å². The summed E-state index contributed by atoms with van der Waals surface area (Å²) in [4.78, 5) is 0. The van der Waals surface area contributed by atoms with Gasteiger partial charge in [0.05, 0.1) is 0 Å². The van der Waals surface area contributed by atoms with Crippen LogP contribution in [0.1, 0.15) is 13.3 Å². The predicted octanol–water partition coefficient (Wildman–Crippen LogP) is 1.39. The monoisotopic (exact) mass is 117 g/mol. The zero-order valence-corrected chi connectivity index (χ0v) is 5.83. The Balaban J connectivity index is 2.26. The van der Waals surface area contributed by atoms with Crippen LogP contribution in [0.4, 0.5) is 0 Å². The Kier molecular flexibility index (Phi) is 1.66. The second-order valence-electron chi connectivity index (χ2n) is 2.24. The molecule has 1 nitrogen and oxygen atoms in total. The maximum Gasteiger partial charge on any atom is 0.00787 e. The fourth-order valence-electron chi connectivity index (χ4n) is 0.893. The van der Waals surface area contributed by atoms with Gasteiger partial charge in [0.25, 0.3) is 0 Å². The van der Waals surface area contributed by atoms with E-state index in [1.54, 1.807) is 0 Å². The predicted molar refractivity (Wildman–Crippen MR) is 34.9 cm³/mol. The van der Waals surface area contributed by atoms with Crippen LogP contribution in [0.5, 0.6) is 0 Å². The van der Waals surface area contributed by atoms with Crippen LogP contribution >= 0.6 is 8.07 Å². The molecular formula is C5H12NP. The molecule has 0 aromatic carbocycles. The average Bonchev–Trinajstić information content (AvgIpc) is 1.87. The molecule has 7 heavy (non-hydrogen) atoms. The first kappa shape index (κ1) is 5.53. The summed E-state index contributed by atoms with van der Waals surface area (Å²) in [7, 11) is 0.246. The van der Waals surface area contributed by atoms with Crippen molar-refractivity contribution >= 4 is 8.07 Å². The van der Waals surface area contributed by atoms with Gasteiger partial charge in [0.2, 0.25) is 0 Å². The highest BCUT2D eigenvalue weighted by Crippen LogP contribution is 2.33. The third-order valence-corrected chi connectivity index (χ3v) is 3.15. The lowest BCUT2D eigenvalue weighted by atomic mass is 10.3. The van der Waals surface area contributed by atoms with E-state index in [0.717, 1.165) is 6.04 Å². The van der Waals surface area contributed by atoms with E-state index in [9.17, 15) is 0 Å². The molecule has 1 aliphatic heterocycles. The molecule has 0 amide bonds. The van der Waals surface area contributed by atoms with Crippen LogP contribution in [0, 0.1) is 0 Å². The minimum absolute atomic E-state index is 0.246. The Morgan fingerprint density at radius 1 is 1.71 bits per heavy atom. The Morgan fingerprint density at radius 2 is 2.43 bits per heavy atom. The van der Waals surface area contributed by atoms with E-state index in [1.807, 2.05) is 0 Å². The number of hydrogen-bond acceptors (Lipinski definition) is 1. The lowest BCUT2D eigenvalue weighted by molar-refractivity contribution is 0.707. The van der Waals surface area contributed by atoms with Crippen molar-refractivity contribution < 1.29 is 0 Å². The van der Waals surface area contributed by atoms with E-state index in [-0.39, 0.29) is 8.07 Å². The first-order chi connectivity index (χ1) is 3.29. The zero-order valence-electron chi connectivity index (χ0n) is 4.94. The Hall–Kier alpha value is 0.390. The molecule has 0 spiro atoms. The Labute approximate surface area is 46.3 Å². The number of hydrogen-bond donors (Lipinski definition) is 1. The molecule has 0 aromatic heterocycles. The molecular weight excluding hydrogens is 105 g/mol. The van der Waals surface area contributed by atoms with Crippen molar-refractivity contribution in [2.24, 2.45) is 0 Å². The highest BCUT2D eigenvalue weighted by Gasteiger charge is 2.14. The zero-order chi connectivity index (χ0) is 5.28. The van der Waals surface area contributed by atoms with E-state index in [4.69, 9.17) is 0 Å². The smallest absolute Gasteiger partial charge is 0.00787 e. The van der Waals surface area contributed by atoms with Crippen LogP contribution in [0.25, 0.3) is 0 Å². The fourth-order valence-corrected chi connectivity index (χ4v) is 2.68. The van der Waals surface area contributed by atoms with Crippen LogP contribution in [-0.2, 0) is 0 Å². The van der Waals surface area contributed by atoms with Gasteiger partial charge in [-0.2, -0.15) is 0 Å². The normalized spacial score (nSPS) is 42.0. The second kappa shape index (κ2) is 2.11. The van der Waals surface area contributed by atoms with E-state index < -0.39 is 0 Å². The summed E-state index contributed by atoms with van der Waals surface area (Å²) in [6.45, 7) is 4.56. The number of rotatable bonds is 0. The van der Waals surface area contributed by atoms with Gasteiger partial charge in [0, 0.05) is 6.04 Å². The van der Waals surface area contributed by atoms with Crippen molar-refractivity contribution in [2.75, 3.05) is 12.8 Å². The summed E-state index contributed by atoms with van der Waals surface area (Å²) in [6, 6.07) is 0.802. The van der Waals surface area contributed by atoms with Crippen molar-refractivity contribution in [3.8, 4) is 0 Å². The third kappa shape index (κ3) is 1.40. The Bertz CT molecular complexity index is 57.1. The second-order valence-corrected chi connectivity index (χ2v) is 4.34. The summed E-state index contributed by atoms with van der Waals surface area (Å²) in [5.74, 6) is 0. The van der Waals surface area contributed by atoms with E-state index in [0.29, 0.717) is 0 Å². The van der Waals surface area contributed by atoms with Crippen molar-refractivity contribution in [3.05, 3.63) is 0 Å². The summed E-state index contributed by atoms with van der Waals surface area (Å²) in [5.41, 5.74) is 0. The summed E-state index contributed by atoms with van der Waals surface area (Å²) >= 11 is 0. The first-order valence-corrected chi connectivity index (χ1v) is 4.74. The van der Waals surface area contributed by atoms with Gasteiger partial charge in [0.1, 0.15) is 0 Å². The molecule has 1 saturated heterocycles. The molecule has 2 atom stereocenters. The van der Waals surface area contributed by atoms with Crippen LogP contribution in [0.2, 0.25) is 0 Å². The fraction of sp³-hybridized carbons (Fsp3) is 1.00. The molecule has 1 unspecified atom stereocenters. The molecule has 1 fully saturated rings. The molecule has 0 saturated carbocycles. The quantitative estimate of drug-likeness (QED) is 0.473. The molecule has 0 radical (unpaired) electrons. The van der Waals surface area contributed by atoms with Gasteiger partial charge in [-0.15, -0.1) is 0 Å². The van der Waals surface area contributed by atoms with Gasteiger partial charge in [-0.05, 0) is 34.2 Å². The minimum Gasteiger partial charge on any atom is -0.293 e. The molecule has 42 valence electrons. The van der Waals surface area contributed by atoms with Crippen LogP contribution in [0.15, 0.2) is 0 Å². The molecule has 1 heterocycles. The maximum atomic E-state index is 3.48. The van der Waals surface area contributed by atoms with Gasteiger partial charge >= 0.3 is 0 Å². The molecule has 1 rings (SSSR count).